The highest BCUT2D eigenvalue weighted by Gasteiger charge is 2.22. The van der Waals surface area contributed by atoms with E-state index in [9.17, 15) is 14.9 Å². The highest BCUT2D eigenvalue weighted by Crippen LogP contribution is 2.34. The van der Waals surface area contributed by atoms with E-state index in [0.29, 0.717) is 30.0 Å². The Balaban J connectivity index is 1.91. The van der Waals surface area contributed by atoms with Crippen LogP contribution in [0.2, 0.25) is 0 Å². The third-order valence-corrected chi connectivity index (χ3v) is 3.14. The van der Waals surface area contributed by atoms with E-state index < -0.39 is 4.92 Å². The molecule has 1 aliphatic heterocycles. The zero-order valence-corrected chi connectivity index (χ0v) is 10.8. The van der Waals surface area contributed by atoms with Crippen LogP contribution in [0.1, 0.15) is 17.8 Å². The largest absolute Gasteiger partial charge is 0.372 e. The van der Waals surface area contributed by atoms with E-state index >= 15 is 0 Å². The highest BCUT2D eigenvalue weighted by molar-refractivity contribution is 5.95. The summed E-state index contributed by atoms with van der Waals surface area (Å²) in [6.45, 7) is 0.185. The zero-order chi connectivity index (χ0) is 14.8. The fourth-order valence-electron chi connectivity index (χ4n) is 2.14. The molecule has 0 fully saturated rings. The summed E-state index contributed by atoms with van der Waals surface area (Å²) in [5, 5.41) is 30.0. The number of amides is 1. The molecule has 1 aliphatic rings. The topological polar surface area (TPSA) is 139 Å². The third kappa shape index (κ3) is 2.63. The Morgan fingerprint density at radius 3 is 2.95 bits per heavy atom. The number of nitrogens with one attached hydrogen (secondary N) is 3. The first-order chi connectivity index (χ1) is 10.1. The molecule has 3 N–H and O–H groups in total. The number of aromatic nitrogens is 4. The summed E-state index contributed by atoms with van der Waals surface area (Å²) in [6.07, 6.45) is 0.826. The van der Waals surface area contributed by atoms with Crippen LogP contribution in [0.5, 0.6) is 0 Å². The number of nitro benzene ring substituents is 1. The maximum atomic E-state index is 11.4. The predicted molar refractivity (Wildman–Crippen MR) is 71.6 cm³/mol. The van der Waals surface area contributed by atoms with Crippen molar-refractivity contribution >= 4 is 23.0 Å². The Kier molecular flexibility index (Phi) is 3.18. The van der Waals surface area contributed by atoms with E-state index in [2.05, 4.69) is 31.3 Å². The van der Waals surface area contributed by atoms with Crippen molar-refractivity contribution in [1.29, 1.82) is 0 Å². The first kappa shape index (κ1) is 13.0. The van der Waals surface area contributed by atoms with Crippen LogP contribution in [0, 0.1) is 10.1 Å². The van der Waals surface area contributed by atoms with Gasteiger partial charge in [-0.3, -0.25) is 14.9 Å². The Labute approximate surface area is 118 Å². The minimum atomic E-state index is -0.463. The van der Waals surface area contributed by atoms with Crippen LogP contribution in [-0.2, 0) is 17.8 Å². The van der Waals surface area contributed by atoms with Gasteiger partial charge >= 0.3 is 0 Å². The number of carbonyl (C=O) groups excluding carboxylic acids is 1. The van der Waals surface area contributed by atoms with Gasteiger partial charge in [0.05, 0.1) is 11.5 Å². The molecule has 0 aliphatic carbocycles. The number of nitrogens with zero attached hydrogens (tertiary/aromatic N) is 4. The average Bonchev–Trinajstić information content (AvgIpc) is 2.97. The van der Waals surface area contributed by atoms with E-state index in [1.807, 2.05) is 0 Å². The molecule has 3 rings (SSSR count). The van der Waals surface area contributed by atoms with Crippen molar-refractivity contribution in [2.24, 2.45) is 0 Å². The fraction of sp³-hybridized carbons (Fsp3) is 0.273. The van der Waals surface area contributed by atoms with Crippen molar-refractivity contribution in [2.45, 2.75) is 19.4 Å². The number of aromatic amines is 1. The van der Waals surface area contributed by atoms with Crippen molar-refractivity contribution in [2.75, 3.05) is 10.6 Å². The first-order valence-corrected chi connectivity index (χ1v) is 6.21. The standard InChI is InChI=1S/C11H11N7O3/c19-11-2-1-6-3-9(18(20)21)8(4-7(6)13-11)12-5-10-14-16-17-15-10/h3-4,12H,1-2,5H2,(H,13,19)(H,14,15,16,17). The van der Waals surface area contributed by atoms with Crippen LogP contribution >= 0.6 is 0 Å². The molecule has 21 heavy (non-hydrogen) atoms. The summed E-state index contributed by atoms with van der Waals surface area (Å²) >= 11 is 0. The molecular weight excluding hydrogens is 278 g/mol. The number of H-pyrrole nitrogens is 1. The maximum Gasteiger partial charge on any atom is 0.292 e. The number of rotatable bonds is 4. The number of fused-ring (bicyclic) bond motifs is 1. The van der Waals surface area contributed by atoms with Crippen LogP contribution < -0.4 is 10.6 Å². The van der Waals surface area contributed by atoms with E-state index in [1.54, 1.807) is 6.07 Å². The number of tetrazole rings is 1. The summed E-state index contributed by atoms with van der Waals surface area (Å²) in [5.41, 5.74) is 1.60. The van der Waals surface area contributed by atoms with Crippen molar-refractivity contribution in [1.82, 2.24) is 20.6 Å². The zero-order valence-electron chi connectivity index (χ0n) is 10.8. The number of benzene rings is 1. The Hall–Kier alpha value is -3.04. The molecule has 1 amide bonds. The molecule has 0 bridgehead atoms. The molecule has 0 unspecified atom stereocenters. The third-order valence-electron chi connectivity index (χ3n) is 3.14. The number of carbonyl (C=O) groups is 1. The van der Waals surface area contributed by atoms with E-state index in [4.69, 9.17) is 0 Å². The summed E-state index contributed by atoms with van der Waals surface area (Å²) in [5.74, 6) is 0.284. The Bertz CT molecular complexity index is 698. The minimum absolute atomic E-state index is 0.0478. The predicted octanol–water partition coefficient (Wildman–Crippen LogP) is 0.605. The van der Waals surface area contributed by atoms with Gasteiger partial charge in [0.25, 0.3) is 5.69 Å². The van der Waals surface area contributed by atoms with Gasteiger partial charge < -0.3 is 10.6 Å². The quantitative estimate of drug-likeness (QED) is 0.553. The monoisotopic (exact) mass is 289 g/mol. The van der Waals surface area contributed by atoms with Gasteiger partial charge in [0.2, 0.25) is 5.91 Å². The lowest BCUT2D eigenvalue weighted by Crippen LogP contribution is -2.19. The molecule has 0 saturated heterocycles. The van der Waals surface area contributed by atoms with E-state index in [0.717, 1.165) is 5.56 Å². The Morgan fingerprint density at radius 2 is 2.24 bits per heavy atom. The number of anilines is 2. The van der Waals surface area contributed by atoms with Gasteiger partial charge in [0.1, 0.15) is 5.69 Å². The molecule has 0 spiro atoms. The second-order valence-electron chi connectivity index (χ2n) is 4.51. The molecule has 2 aromatic rings. The molecule has 0 atom stereocenters. The lowest BCUT2D eigenvalue weighted by Gasteiger charge is -2.18. The summed E-state index contributed by atoms with van der Waals surface area (Å²) < 4.78 is 0. The van der Waals surface area contributed by atoms with Gasteiger partial charge in [-0.15, -0.1) is 10.2 Å². The van der Waals surface area contributed by atoms with Gasteiger partial charge in [0, 0.05) is 18.2 Å². The molecule has 1 aromatic carbocycles. The van der Waals surface area contributed by atoms with Crippen molar-refractivity contribution in [3.8, 4) is 0 Å². The van der Waals surface area contributed by atoms with Crippen molar-refractivity contribution < 1.29 is 9.72 Å². The molecular formula is C11H11N7O3. The minimum Gasteiger partial charge on any atom is -0.372 e. The molecule has 0 radical (unpaired) electrons. The first-order valence-electron chi connectivity index (χ1n) is 6.21. The second kappa shape index (κ2) is 5.15. The second-order valence-corrected chi connectivity index (χ2v) is 4.51. The molecule has 1 aromatic heterocycles. The smallest absolute Gasteiger partial charge is 0.292 e. The van der Waals surface area contributed by atoms with Gasteiger partial charge in [-0.25, -0.2) is 0 Å². The Morgan fingerprint density at radius 1 is 1.38 bits per heavy atom. The van der Waals surface area contributed by atoms with Gasteiger partial charge in [-0.1, -0.05) is 5.21 Å². The summed E-state index contributed by atoms with van der Waals surface area (Å²) in [7, 11) is 0. The number of hydrogen-bond acceptors (Lipinski definition) is 7. The van der Waals surface area contributed by atoms with E-state index in [1.165, 1.54) is 6.07 Å². The van der Waals surface area contributed by atoms with E-state index in [-0.39, 0.29) is 18.1 Å². The molecule has 0 saturated carbocycles. The van der Waals surface area contributed by atoms with Crippen LogP contribution in [-0.4, -0.2) is 31.5 Å². The van der Waals surface area contributed by atoms with Crippen molar-refractivity contribution in [3.05, 3.63) is 33.6 Å². The maximum absolute atomic E-state index is 11.4. The van der Waals surface area contributed by atoms with Crippen molar-refractivity contribution in [3.63, 3.8) is 0 Å². The van der Waals surface area contributed by atoms with Gasteiger partial charge in [-0.2, -0.15) is 5.21 Å². The molecule has 2 heterocycles. The van der Waals surface area contributed by atoms with Crippen LogP contribution in [0.3, 0.4) is 0 Å². The van der Waals surface area contributed by atoms with Crippen LogP contribution in [0.25, 0.3) is 0 Å². The lowest BCUT2D eigenvalue weighted by atomic mass is 10.0. The lowest BCUT2D eigenvalue weighted by molar-refractivity contribution is -0.384. The van der Waals surface area contributed by atoms with Crippen LogP contribution in [0.15, 0.2) is 12.1 Å². The van der Waals surface area contributed by atoms with Crippen LogP contribution in [0.4, 0.5) is 17.1 Å². The summed E-state index contributed by atoms with van der Waals surface area (Å²) in [4.78, 5) is 22.1. The molecule has 10 heteroatoms. The van der Waals surface area contributed by atoms with Gasteiger partial charge in [0.15, 0.2) is 5.82 Å². The summed E-state index contributed by atoms with van der Waals surface area (Å²) in [6, 6.07) is 3.04. The molecule has 108 valence electrons. The SMILES string of the molecule is O=C1CCc2cc([N+](=O)[O-])c(NCc3nn[nH]n3)cc2N1. The number of hydrogen-bond donors (Lipinski definition) is 3. The average molecular weight is 289 g/mol. The fourth-order valence-corrected chi connectivity index (χ4v) is 2.14. The molecule has 10 nitrogen and oxygen atoms in total. The highest BCUT2D eigenvalue weighted by atomic mass is 16.6. The normalized spacial score (nSPS) is 13.4. The number of nitro groups is 1. The van der Waals surface area contributed by atoms with Gasteiger partial charge in [-0.05, 0) is 18.1 Å². The number of aryl methyl sites for hydroxylation is 1.